The van der Waals surface area contributed by atoms with Crippen molar-refractivity contribution in [3.8, 4) is 36.0 Å². The third kappa shape index (κ3) is 50.8. The number of esters is 3. The van der Waals surface area contributed by atoms with Crippen LogP contribution in [0.4, 0.5) is 0 Å². The number of carbonyl (C=O) groups is 12. The van der Waals surface area contributed by atoms with Crippen LogP contribution in [-0.4, -0.2) is 318 Å². The first-order valence-electron chi connectivity index (χ1n) is 46.0. The van der Waals surface area contributed by atoms with E-state index in [2.05, 4.69) is 222 Å². The fourth-order valence-corrected chi connectivity index (χ4v) is 15.2. The van der Waals surface area contributed by atoms with Gasteiger partial charge in [-0.3, -0.25) is 87.9 Å². The van der Waals surface area contributed by atoms with E-state index in [0.29, 0.717) is 47.9 Å². The second kappa shape index (κ2) is 72.0. The fraction of sp³-hybridized carbons (Fsp3) is 0.327. The Balaban J connectivity index is 0.000000266. The number of halogens is 7. The maximum Gasteiger partial charge on any atom is 0.325 e. The van der Waals surface area contributed by atoms with E-state index in [-0.39, 0.29) is 110 Å². The molecule has 788 valence electrons. The molecule has 9 aromatic carbocycles. The summed E-state index contributed by atoms with van der Waals surface area (Å²) < 4.78 is 33.9. The average Bonchev–Trinajstić information content (AvgIpc) is 0.840. The summed E-state index contributed by atoms with van der Waals surface area (Å²) >= 11 is 19.6. The fourth-order valence-electron chi connectivity index (χ4n) is 13.4. The van der Waals surface area contributed by atoms with Gasteiger partial charge in [0.2, 0.25) is 28.9 Å². The Kier molecular flexibility index (Phi) is 61.3. The van der Waals surface area contributed by atoms with E-state index in [1.807, 2.05) is 170 Å². The van der Waals surface area contributed by atoms with Crippen molar-refractivity contribution in [1.29, 1.82) is 0 Å². The van der Waals surface area contributed by atoms with Crippen LogP contribution in [0.1, 0.15) is 82.7 Å². The molecule has 0 aromatic heterocycles. The molecule has 7 amide bonds. The van der Waals surface area contributed by atoms with Gasteiger partial charge in [0.05, 0.1) is 84.7 Å². The van der Waals surface area contributed by atoms with Gasteiger partial charge < -0.3 is 64.2 Å². The number of aldehydes is 1. The maximum atomic E-state index is 12.0. The van der Waals surface area contributed by atoms with Crippen molar-refractivity contribution < 1.29 is 107 Å². The Morgan fingerprint density at radius 3 is 0.939 bits per heavy atom. The number of nitrogens with one attached hydrogen (secondary N) is 1. The minimum atomic E-state index is -0.474. The molecule has 6 heterocycles. The van der Waals surface area contributed by atoms with E-state index >= 15 is 0 Å². The van der Waals surface area contributed by atoms with Gasteiger partial charge in [-0.1, -0.05) is 171 Å². The Hall–Kier alpha value is -10.6. The van der Waals surface area contributed by atoms with Gasteiger partial charge in [-0.25, -0.2) is 15.2 Å². The second-order valence-electron chi connectivity index (χ2n) is 32.4. The summed E-state index contributed by atoms with van der Waals surface area (Å²) in [5, 5.41) is 39.2. The largest absolute Gasteiger partial charge is 0.468 e. The molecule has 9 aromatic rings. The standard InChI is InChI=1S/2C24H25N3O4.C13H15NO.C12H13BrINO3.C11H11IN2O3.C10H12INO2.C7H5IO.C3H7NO2.C2H2BrClO.CH4O/c2*28-23-18-27(30)24(29)17-26(23)16-22-9-5-20(6-10-22)2-1-19-3-7-21(8-4-19)15-25-11-13-31-14-12-25;1-2-12-3-5-13(6-4-12)11-14-7-9-15-10-8-14;1-18-12(17)8-15(11(16)6-13)7-9-2-4-10(14)5-3-9;12-9-3-1-8(2-4-9)5-13-6-11(16)14(17)7-10(13)15;1-14-10(13)7-12-6-8-2-4-9(11)5-3-8;8-7-3-1-6(5-9)2-4-7;1-6-3(5)2-4;3-1-2(4)5;1-2/h2*3-10,30H,11-18H2;1,3-6H,7-11H2;2-5H,6-8H2,1H3;1-4,17H,5-7H2;2-5,12H,6-7H2,1H3;1-5H;2,4H2,1H3;1H2;2H,1H3. The summed E-state index contributed by atoms with van der Waals surface area (Å²) in [6.45, 7) is 14.9. The van der Waals surface area contributed by atoms with Crippen molar-refractivity contribution in [3.63, 3.8) is 0 Å². The topological polar surface area (TPSA) is 412 Å². The number of carbonyl (C=O) groups excluding carboxylic acids is 12. The first kappa shape index (κ1) is 126. The molecule has 6 aliphatic rings. The van der Waals surface area contributed by atoms with Gasteiger partial charge in [0.1, 0.15) is 52.1 Å². The molecule has 6 aliphatic heterocycles. The zero-order valence-corrected chi connectivity index (χ0v) is 94.8. The molecule has 34 nitrogen and oxygen atoms in total. The summed E-state index contributed by atoms with van der Waals surface area (Å²) in [5.74, 6) is 11.9. The van der Waals surface area contributed by atoms with Crippen LogP contribution in [0.2, 0.25) is 0 Å². The Bertz CT molecular complexity index is 5670. The highest BCUT2D eigenvalue weighted by atomic mass is 127. The monoisotopic (exact) mass is 2620 g/mol. The number of amides is 7. The highest BCUT2D eigenvalue weighted by molar-refractivity contribution is 14.1. The Morgan fingerprint density at radius 2 is 0.676 bits per heavy atom. The third-order valence-corrected chi connectivity index (χ3v) is 25.8. The molecule has 0 atom stereocenters. The zero-order valence-electron chi connectivity index (χ0n) is 82.2. The molecule has 0 radical (unpaired) electrons. The number of aliphatic hydroxyl groups excluding tert-OH is 1. The van der Waals surface area contributed by atoms with Crippen LogP contribution in [0.5, 0.6) is 0 Å². The number of hydrogen-bond donors (Lipinski definition) is 6. The number of terminal acetylenes is 1. The Morgan fingerprint density at radius 1 is 0.405 bits per heavy atom. The van der Waals surface area contributed by atoms with Gasteiger partial charge in [0, 0.05) is 146 Å². The molecule has 0 saturated carbocycles. The number of aliphatic hydroxyl groups is 1. The summed E-state index contributed by atoms with van der Waals surface area (Å²) in [4.78, 5) is 146. The number of methoxy groups -OCH3 is 3. The molecule has 0 unspecified atom stereocenters. The van der Waals surface area contributed by atoms with Gasteiger partial charge in [-0.15, -0.1) is 6.42 Å². The van der Waals surface area contributed by atoms with Crippen LogP contribution in [0, 0.1) is 50.3 Å². The average molecular weight is 2630 g/mol. The van der Waals surface area contributed by atoms with Crippen LogP contribution in [0.25, 0.3) is 0 Å². The van der Waals surface area contributed by atoms with Crippen LogP contribution in [0.15, 0.2) is 218 Å². The van der Waals surface area contributed by atoms with E-state index < -0.39 is 23.7 Å². The predicted octanol–water partition coefficient (Wildman–Crippen LogP) is 11.0. The number of hydroxylamine groups is 6. The maximum absolute atomic E-state index is 12.0. The Labute approximate surface area is 938 Å². The van der Waals surface area contributed by atoms with E-state index in [0.717, 1.165) is 184 Å². The van der Waals surface area contributed by atoms with Crippen LogP contribution >= 0.6 is 134 Å². The lowest BCUT2D eigenvalue weighted by molar-refractivity contribution is -0.181. The highest BCUT2D eigenvalue weighted by Crippen LogP contribution is 2.20. The SMILES string of the molecule is C#Cc1ccc(CN2CCOCC2)cc1.CO.COC(=O)CN.COC(=O)CN(Cc1ccc(I)cc1)C(=O)CBr.COC(=O)CNCc1ccc(I)cc1.O=C(Cl)CBr.O=C1CN(Cc2ccc(C#Cc3ccc(CN4CCOCC4)cc3)cc2)C(=O)CN1O.O=C1CN(Cc2ccc(C#Cc3ccc(CN4CCOCC4)cc3)cc2)C(=O)CN1O.O=C1CN(Cc2ccc(I)cc2)C(=O)CN1O.O=Cc1ccc(I)cc1. The van der Waals surface area contributed by atoms with E-state index in [1.54, 1.807) is 12.1 Å². The molecule has 6 saturated heterocycles. The lowest BCUT2D eigenvalue weighted by Gasteiger charge is -2.30. The molecule has 0 aliphatic carbocycles. The van der Waals surface area contributed by atoms with Gasteiger partial charge in [-0.05, 0) is 256 Å². The van der Waals surface area contributed by atoms with Crippen LogP contribution in [-0.2, 0) is 134 Å². The van der Waals surface area contributed by atoms with Crippen molar-refractivity contribution in [2.75, 3.05) is 177 Å². The first-order valence-corrected chi connectivity index (χ1v) is 53.0. The number of ether oxygens (including phenoxy) is 6. The van der Waals surface area contributed by atoms with Crippen molar-refractivity contribution in [1.82, 2.24) is 54.8 Å². The van der Waals surface area contributed by atoms with Gasteiger partial charge in [0.15, 0.2) is 0 Å². The number of nitrogens with zero attached hydrogens (tertiary/aromatic N) is 10. The summed E-state index contributed by atoms with van der Waals surface area (Å²) in [7, 11) is 4.99. The van der Waals surface area contributed by atoms with Crippen LogP contribution < -0.4 is 11.1 Å². The van der Waals surface area contributed by atoms with Crippen molar-refractivity contribution in [2.24, 2.45) is 5.73 Å². The molecule has 7 N–H and O–H groups in total. The number of morpholine rings is 3. The number of hydrogen-bond acceptors (Lipinski definition) is 27. The van der Waals surface area contributed by atoms with Crippen LogP contribution in [0.3, 0.4) is 0 Å². The number of nitrogens with two attached hydrogens (primary N) is 1. The second-order valence-corrected chi connectivity index (χ2v) is 38.9. The molecule has 41 heteroatoms. The smallest absolute Gasteiger partial charge is 0.325 e. The van der Waals surface area contributed by atoms with E-state index in [1.165, 1.54) is 61.2 Å². The zero-order chi connectivity index (χ0) is 108. The van der Waals surface area contributed by atoms with Crippen molar-refractivity contribution in [3.05, 3.63) is 311 Å². The predicted molar refractivity (Wildman–Crippen MR) is 598 cm³/mol. The summed E-state index contributed by atoms with van der Waals surface area (Å²) in [6.07, 6.45) is 6.15. The lowest BCUT2D eigenvalue weighted by Crippen LogP contribution is -2.51. The third-order valence-electron chi connectivity index (χ3n) is 21.5. The quantitative estimate of drug-likeness (QED) is 0.00478. The molecule has 6 fully saturated rings. The number of rotatable bonds is 24. The van der Waals surface area contributed by atoms with Gasteiger partial charge in [-0.2, -0.15) is 0 Å². The normalized spacial score (nSPS) is 14.3. The summed E-state index contributed by atoms with van der Waals surface area (Å²) in [6, 6.07) is 71.2. The molecule has 0 spiro atoms. The van der Waals surface area contributed by atoms with E-state index in [4.69, 9.17) is 48.3 Å². The molecular weight excluding hydrogens is 2510 g/mol. The lowest BCUT2D eigenvalue weighted by atomic mass is 10.1. The number of alkyl halides is 2. The molecule has 15 rings (SSSR count). The van der Waals surface area contributed by atoms with E-state index in [9.17, 15) is 67.9 Å². The first-order chi connectivity index (χ1) is 71.3. The number of piperazine rings is 3. The number of benzene rings is 9. The van der Waals surface area contributed by atoms with Gasteiger partial charge in [0.25, 0.3) is 17.7 Å². The molecular formula is C107H119Br2ClI4N12O22. The van der Waals surface area contributed by atoms with Crippen molar-refractivity contribution in [2.45, 2.75) is 52.4 Å². The highest BCUT2D eigenvalue weighted by Gasteiger charge is 2.32. The minimum absolute atomic E-state index is 0.0312. The molecule has 148 heavy (non-hydrogen) atoms. The minimum Gasteiger partial charge on any atom is -0.468 e. The van der Waals surface area contributed by atoms with Crippen molar-refractivity contribution >= 4 is 205 Å². The summed E-state index contributed by atoms with van der Waals surface area (Å²) in [5.41, 5.74) is 18.9. The van der Waals surface area contributed by atoms with Gasteiger partial charge >= 0.3 is 17.9 Å². The molecule has 0 bridgehead atoms.